The number of aliphatic hydroxyl groups excluding tert-OH is 1. The molecule has 0 amide bonds. The van der Waals surface area contributed by atoms with Crippen LogP contribution in [-0.2, 0) is 3.74 Å². The average molecular weight is 298 g/mol. The van der Waals surface area contributed by atoms with Gasteiger partial charge in [-0.2, -0.15) is 0 Å². The molecule has 84 valence electrons. The summed E-state index contributed by atoms with van der Waals surface area (Å²) in [6.07, 6.45) is 0.643. The molecule has 0 aromatic heterocycles. The van der Waals surface area contributed by atoms with Crippen molar-refractivity contribution in [2.45, 2.75) is 6.42 Å². The molecule has 0 atom stereocenters. The van der Waals surface area contributed by atoms with Crippen LogP contribution in [0.1, 0.15) is 6.42 Å². The zero-order chi connectivity index (χ0) is 11.3. The topological polar surface area (TPSA) is 89.8 Å². The number of aliphatic hydroxyl groups is 1. The predicted molar refractivity (Wildman–Crippen MR) is 57.1 cm³/mol. The molecular formula is C9H14AsNNaO4+. The van der Waals surface area contributed by atoms with Crippen LogP contribution in [0, 0.1) is 0 Å². The van der Waals surface area contributed by atoms with E-state index in [2.05, 4.69) is 5.32 Å². The molecule has 0 saturated heterocycles. The summed E-state index contributed by atoms with van der Waals surface area (Å²) in [4.78, 5) is 0. The fraction of sp³-hybridized carbons (Fsp3) is 0.333. The third-order valence-corrected chi connectivity index (χ3v) is 3.90. The van der Waals surface area contributed by atoms with E-state index < -0.39 is 14.2 Å². The molecule has 1 aromatic carbocycles. The first-order valence-corrected chi connectivity index (χ1v) is 7.93. The molecule has 16 heavy (non-hydrogen) atoms. The molecule has 1 rings (SSSR count). The molecule has 0 aliphatic heterocycles. The maximum atomic E-state index is 10.9. The fourth-order valence-electron chi connectivity index (χ4n) is 1.09. The minimum absolute atomic E-state index is 0. The predicted octanol–water partition coefficient (Wildman–Crippen LogP) is -3.95. The summed E-state index contributed by atoms with van der Waals surface area (Å²) in [5, 5.41) is 11.6. The standard InChI is InChI=1S/C9H14AsNO4.Na/c12-7-1-6-11-9-4-2-8(3-5-9)10(13,14)15;/h2-5,11-12H,1,6-7H2,(H2,13,14,15);/q;+1. The summed E-state index contributed by atoms with van der Waals surface area (Å²) in [5.74, 6) is 0. The van der Waals surface area contributed by atoms with Gasteiger partial charge in [0, 0.05) is 0 Å². The minimum Gasteiger partial charge on any atom is 1.00 e. The number of anilines is 1. The number of nitrogens with one attached hydrogen (secondary N) is 1. The van der Waals surface area contributed by atoms with Crippen molar-refractivity contribution in [2.24, 2.45) is 0 Å². The summed E-state index contributed by atoms with van der Waals surface area (Å²) >= 11 is -4.74. The molecule has 0 unspecified atom stereocenters. The molecule has 0 bridgehead atoms. The van der Waals surface area contributed by atoms with Crippen molar-refractivity contribution in [3.63, 3.8) is 0 Å². The van der Waals surface area contributed by atoms with Crippen LogP contribution in [0.15, 0.2) is 24.3 Å². The second-order valence-electron chi connectivity index (χ2n) is 3.09. The van der Waals surface area contributed by atoms with Crippen molar-refractivity contribution in [2.75, 3.05) is 18.5 Å². The van der Waals surface area contributed by atoms with Crippen molar-refractivity contribution in [3.05, 3.63) is 24.3 Å². The molecular weight excluding hydrogens is 284 g/mol. The molecule has 0 fully saturated rings. The first-order chi connectivity index (χ1) is 7.04. The maximum absolute atomic E-state index is 10.9. The van der Waals surface area contributed by atoms with Crippen LogP contribution in [0.4, 0.5) is 5.69 Å². The molecule has 0 saturated carbocycles. The van der Waals surface area contributed by atoms with Crippen LogP contribution in [0.2, 0.25) is 0 Å². The third kappa shape index (κ3) is 5.55. The van der Waals surface area contributed by atoms with E-state index in [-0.39, 0.29) is 40.5 Å². The molecule has 5 nitrogen and oxygen atoms in total. The second kappa shape index (κ2) is 7.56. The van der Waals surface area contributed by atoms with Gasteiger partial charge in [0.25, 0.3) is 0 Å². The monoisotopic (exact) mass is 298 g/mol. The van der Waals surface area contributed by atoms with Crippen LogP contribution in [-0.4, -0.2) is 40.6 Å². The average Bonchev–Trinajstić information content (AvgIpc) is 2.18. The van der Waals surface area contributed by atoms with Crippen LogP contribution < -0.4 is 39.2 Å². The Labute approximate surface area is 119 Å². The van der Waals surface area contributed by atoms with Crippen LogP contribution in [0.25, 0.3) is 0 Å². The van der Waals surface area contributed by atoms with Crippen molar-refractivity contribution in [1.29, 1.82) is 0 Å². The summed E-state index contributed by atoms with van der Waals surface area (Å²) in [5.41, 5.74) is 0.788. The van der Waals surface area contributed by atoms with E-state index in [1.54, 1.807) is 12.1 Å². The van der Waals surface area contributed by atoms with Gasteiger partial charge in [-0.1, -0.05) is 0 Å². The van der Waals surface area contributed by atoms with Crippen LogP contribution in [0.5, 0.6) is 0 Å². The Morgan fingerprint density at radius 3 is 2.19 bits per heavy atom. The zero-order valence-electron chi connectivity index (χ0n) is 9.13. The quantitative estimate of drug-likeness (QED) is 0.329. The second-order valence-corrected chi connectivity index (χ2v) is 6.46. The molecule has 0 aliphatic carbocycles. The van der Waals surface area contributed by atoms with Gasteiger partial charge in [-0.3, -0.25) is 0 Å². The number of rotatable bonds is 5. The van der Waals surface area contributed by atoms with Crippen molar-refractivity contribution in [1.82, 2.24) is 0 Å². The van der Waals surface area contributed by atoms with Crippen LogP contribution in [0.3, 0.4) is 0 Å². The maximum Gasteiger partial charge on any atom is 1.00 e. The van der Waals surface area contributed by atoms with E-state index in [0.29, 0.717) is 13.0 Å². The van der Waals surface area contributed by atoms with Crippen LogP contribution >= 0.6 is 0 Å². The molecule has 4 N–H and O–H groups in total. The van der Waals surface area contributed by atoms with E-state index in [0.717, 1.165) is 5.69 Å². The number of hydrogen-bond donors (Lipinski definition) is 4. The first-order valence-electron chi connectivity index (χ1n) is 4.55. The van der Waals surface area contributed by atoms with Crippen molar-refractivity contribution < 1.29 is 46.6 Å². The Hall–Kier alpha value is 0.258. The normalized spacial score (nSPS) is 10.7. The third-order valence-electron chi connectivity index (χ3n) is 1.87. The minimum atomic E-state index is -4.74. The van der Waals surface area contributed by atoms with Crippen molar-refractivity contribution in [3.8, 4) is 0 Å². The molecule has 0 spiro atoms. The van der Waals surface area contributed by atoms with Gasteiger partial charge in [0.2, 0.25) is 0 Å². The van der Waals surface area contributed by atoms with Gasteiger partial charge >= 0.3 is 120 Å². The Morgan fingerprint density at radius 2 is 1.75 bits per heavy atom. The summed E-state index contributed by atoms with van der Waals surface area (Å²) in [6, 6.07) is 6.07. The molecule has 0 aliphatic rings. The van der Waals surface area contributed by atoms with Gasteiger partial charge in [0.15, 0.2) is 0 Å². The van der Waals surface area contributed by atoms with Gasteiger partial charge < -0.3 is 0 Å². The van der Waals surface area contributed by atoms with Gasteiger partial charge in [0.05, 0.1) is 0 Å². The van der Waals surface area contributed by atoms with E-state index in [4.69, 9.17) is 13.3 Å². The Balaban J connectivity index is 0.00000225. The van der Waals surface area contributed by atoms with E-state index in [9.17, 15) is 3.74 Å². The first kappa shape index (κ1) is 16.3. The fourth-order valence-corrected chi connectivity index (χ4v) is 2.21. The Morgan fingerprint density at radius 1 is 1.19 bits per heavy atom. The summed E-state index contributed by atoms with van der Waals surface area (Å²) < 4.78 is 28.8. The summed E-state index contributed by atoms with van der Waals surface area (Å²) in [6.45, 7) is 0.757. The van der Waals surface area contributed by atoms with Gasteiger partial charge in [-0.15, -0.1) is 0 Å². The van der Waals surface area contributed by atoms with Gasteiger partial charge in [0.1, 0.15) is 0 Å². The van der Waals surface area contributed by atoms with Gasteiger partial charge in [-0.25, -0.2) is 0 Å². The Kier molecular flexibility index (Phi) is 7.68. The smallest absolute Gasteiger partial charge is 1.00 e. The number of hydrogen-bond acceptors (Lipinski definition) is 3. The number of benzene rings is 1. The van der Waals surface area contributed by atoms with Crippen molar-refractivity contribution >= 4 is 24.2 Å². The van der Waals surface area contributed by atoms with Gasteiger partial charge in [-0.05, 0) is 0 Å². The largest absolute Gasteiger partial charge is 1.00 e. The Bertz CT molecular complexity index is 351. The molecule has 0 radical (unpaired) electrons. The molecule has 1 aromatic rings. The summed E-state index contributed by atoms with van der Waals surface area (Å²) in [7, 11) is 0. The molecule has 0 heterocycles. The van der Waals surface area contributed by atoms with E-state index in [1.807, 2.05) is 0 Å². The molecule has 7 heteroatoms. The van der Waals surface area contributed by atoms with E-state index in [1.165, 1.54) is 12.1 Å². The SMILES string of the molecule is O=[As](O)(O)c1ccc(NCCCO)cc1.[Na+]. The van der Waals surface area contributed by atoms with E-state index >= 15 is 0 Å². The zero-order valence-corrected chi connectivity index (χ0v) is 13.0.